The molecule has 1 N–H and O–H groups in total. The van der Waals surface area contributed by atoms with Crippen LogP contribution in [0.4, 0.5) is 10.1 Å². The molecule has 0 aromatic heterocycles. The van der Waals surface area contributed by atoms with Crippen molar-refractivity contribution in [2.24, 2.45) is 4.99 Å². The van der Waals surface area contributed by atoms with Crippen LogP contribution in [0.2, 0.25) is 0 Å². The number of anilines is 1. The topological polar surface area (TPSA) is 30.9 Å². The van der Waals surface area contributed by atoms with E-state index in [0.29, 0.717) is 12.6 Å². The zero-order valence-corrected chi connectivity index (χ0v) is 19.8. The minimum absolute atomic E-state index is 0.220. The first kappa shape index (κ1) is 22.5. The van der Waals surface area contributed by atoms with E-state index in [1.807, 2.05) is 24.5 Å². The fraction of sp³-hybridized carbons (Fsp3) is 0.276. The molecule has 2 heterocycles. The van der Waals surface area contributed by atoms with Crippen molar-refractivity contribution in [2.75, 3.05) is 32.5 Å². The van der Waals surface area contributed by atoms with Crippen LogP contribution in [-0.2, 0) is 13.1 Å². The van der Waals surface area contributed by atoms with Crippen molar-refractivity contribution in [3.05, 3.63) is 95.4 Å². The van der Waals surface area contributed by atoms with Gasteiger partial charge in [-0.1, -0.05) is 36.4 Å². The lowest BCUT2D eigenvalue weighted by atomic mass is 9.93. The van der Waals surface area contributed by atoms with Crippen molar-refractivity contribution in [2.45, 2.75) is 25.6 Å². The van der Waals surface area contributed by atoms with E-state index in [1.54, 1.807) is 0 Å². The molecule has 5 heteroatoms. The van der Waals surface area contributed by atoms with Crippen LogP contribution in [0.1, 0.15) is 23.1 Å². The van der Waals surface area contributed by atoms with Crippen molar-refractivity contribution in [1.82, 2.24) is 9.80 Å². The van der Waals surface area contributed by atoms with Crippen LogP contribution in [0, 0.1) is 5.82 Å². The first-order valence-electron chi connectivity index (χ1n) is 11.9. The zero-order valence-electron chi connectivity index (χ0n) is 19.8. The Morgan fingerprint density at radius 1 is 1.03 bits per heavy atom. The predicted octanol–water partition coefficient (Wildman–Crippen LogP) is 5.67. The number of aliphatic imine (C=N–C) groups is 1. The lowest BCUT2D eigenvalue weighted by molar-refractivity contribution is 0.264. The first-order valence-corrected chi connectivity index (χ1v) is 11.9. The molecular formula is C29H31FN4. The number of allylic oxidation sites excluding steroid dienone is 1. The Morgan fingerprint density at radius 3 is 2.53 bits per heavy atom. The maximum atomic E-state index is 13.3. The third-order valence-electron chi connectivity index (χ3n) is 6.82. The summed E-state index contributed by atoms with van der Waals surface area (Å²) >= 11 is 0. The van der Waals surface area contributed by atoms with Gasteiger partial charge in [-0.2, -0.15) is 0 Å². The molecule has 0 bridgehead atoms. The van der Waals surface area contributed by atoms with Gasteiger partial charge < -0.3 is 10.2 Å². The van der Waals surface area contributed by atoms with Gasteiger partial charge in [0.15, 0.2) is 0 Å². The van der Waals surface area contributed by atoms with Gasteiger partial charge in [-0.25, -0.2) is 4.39 Å². The average molecular weight is 455 g/mol. The molecule has 3 aromatic rings. The van der Waals surface area contributed by atoms with Crippen molar-refractivity contribution in [3.63, 3.8) is 0 Å². The number of hydrogen-bond acceptors (Lipinski definition) is 4. The normalized spacial score (nSPS) is 19.1. The van der Waals surface area contributed by atoms with Crippen molar-refractivity contribution in [1.29, 1.82) is 0 Å². The third-order valence-corrected chi connectivity index (χ3v) is 6.82. The van der Waals surface area contributed by atoms with Gasteiger partial charge in [0.2, 0.25) is 0 Å². The fourth-order valence-corrected chi connectivity index (χ4v) is 4.73. The summed E-state index contributed by atoms with van der Waals surface area (Å²) in [5.41, 5.74) is 7.86. The maximum absolute atomic E-state index is 13.3. The molecule has 4 nitrogen and oxygen atoms in total. The Labute approximate surface area is 201 Å². The molecule has 0 aliphatic carbocycles. The van der Waals surface area contributed by atoms with Gasteiger partial charge in [0.1, 0.15) is 5.82 Å². The number of nitrogens with zero attached hydrogens (tertiary/aromatic N) is 3. The predicted molar refractivity (Wildman–Crippen MR) is 139 cm³/mol. The van der Waals surface area contributed by atoms with Crippen molar-refractivity contribution >= 4 is 17.5 Å². The summed E-state index contributed by atoms with van der Waals surface area (Å²) in [6, 6.07) is 22.4. The fourth-order valence-electron chi connectivity index (χ4n) is 4.73. The van der Waals surface area contributed by atoms with Gasteiger partial charge in [-0.15, -0.1) is 0 Å². The molecule has 0 saturated carbocycles. The molecule has 1 unspecified atom stereocenters. The molecule has 0 spiro atoms. The summed E-state index contributed by atoms with van der Waals surface area (Å²) in [4.78, 5) is 9.38. The van der Waals surface area contributed by atoms with Crippen LogP contribution in [0.3, 0.4) is 0 Å². The summed E-state index contributed by atoms with van der Waals surface area (Å²) in [6.07, 6.45) is 5.19. The smallest absolute Gasteiger partial charge is 0.123 e. The molecule has 1 saturated heterocycles. The standard InChI is InChI=1S/C29H31FN4/c1-33(2)28-13-14-34(20-28)19-21-3-11-27(12-4-21)32-18-25-17-31-16-24-6-5-23(15-29(24)25)22-7-9-26(30)10-8-22/h3-12,15,17-18,28,32H,13-14,16,19-20H2,1-2H3/b25-18+. The second-order valence-corrected chi connectivity index (χ2v) is 9.43. The third kappa shape index (κ3) is 5.11. The molecule has 2 aliphatic rings. The van der Waals surface area contributed by atoms with Gasteiger partial charge in [0.25, 0.3) is 0 Å². The zero-order chi connectivity index (χ0) is 23.5. The van der Waals surface area contributed by atoms with Gasteiger partial charge >= 0.3 is 0 Å². The monoisotopic (exact) mass is 454 g/mol. The van der Waals surface area contributed by atoms with Gasteiger partial charge in [-0.3, -0.25) is 9.89 Å². The molecule has 0 amide bonds. The maximum Gasteiger partial charge on any atom is 0.123 e. The molecular weight excluding hydrogens is 423 g/mol. The van der Waals surface area contributed by atoms with E-state index >= 15 is 0 Å². The minimum Gasteiger partial charge on any atom is -0.361 e. The summed E-state index contributed by atoms with van der Waals surface area (Å²) in [7, 11) is 4.34. The Morgan fingerprint density at radius 2 is 1.79 bits per heavy atom. The number of fused-ring (bicyclic) bond motifs is 1. The van der Waals surface area contributed by atoms with Crippen molar-refractivity contribution < 1.29 is 4.39 Å². The quantitative estimate of drug-likeness (QED) is 0.521. The summed E-state index contributed by atoms with van der Waals surface area (Å²) < 4.78 is 13.3. The highest BCUT2D eigenvalue weighted by Crippen LogP contribution is 2.29. The lowest BCUT2D eigenvalue weighted by Gasteiger charge is -2.20. The molecule has 2 aliphatic heterocycles. The van der Waals surface area contributed by atoms with Crippen LogP contribution in [0.15, 0.2) is 77.9 Å². The summed E-state index contributed by atoms with van der Waals surface area (Å²) in [5, 5.41) is 3.44. The van der Waals surface area contributed by atoms with E-state index in [2.05, 4.69) is 76.7 Å². The second kappa shape index (κ2) is 9.92. The van der Waals surface area contributed by atoms with Crippen LogP contribution >= 0.6 is 0 Å². The van der Waals surface area contributed by atoms with Gasteiger partial charge in [0.05, 0.1) is 6.54 Å². The molecule has 34 heavy (non-hydrogen) atoms. The van der Waals surface area contributed by atoms with Gasteiger partial charge in [0, 0.05) is 49.4 Å². The number of halogens is 1. The first-order chi connectivity index (χ1) is 16.5. The SMILES string of the molecule is CN(C)C1CCN(Cc2ccc(N/C=C3\C=NCc4ccc(-c5ccc(F)cc5)cc43)cc2)C1. The highest BCUT2D eigenvalue weighted by molar-refractivity contribution is 6.12. The summed E-state index contributed by atoms with van der Waals surface area (Å²) in [5.74, 6) is -0.220. The number of likely N-dealkylation sites (N-methyl/N-ethyl adjacent to an activating group) is 1. The number of hydrogen-bond donors (Lipinski definition) is 1. The molecule has 3 aromatic carbocycles. The van der Waals surface area contributed by atoms with E-state index in [1.165, 1.54) is 29.7 Å². The number of likely N-dealkylation sites (tertiary alicyclic amines) is 1. The van der Waals surface area contributed by atoms with E-state index in [0.717, 1.165) is 47.6 Å². The lowest BCUT2D eigenvalue weighted by Crippen LogP contribution is -2.31. The highest BCUT2D eigenvalue weighted by atomic mass is 19.1. The number of nitrogens with one attached hydrogen (secondary N) is 1. The van der Waals surface area contributed by atoms with E-state index < -0.39 is 0 Å². The molecule has 174 valence electrons. The van der Waals surface area contributed by atoms with Gasteiger partial charge in [-0.05, 0) is 78.7 Å². The number of benzene rings is 3. The molecule has 0 radical (unpaired) electrons. The Bertz CT molecular complexity index is 1200. The Hall–Kier alpha value is -3.28. The average Bonchev–Trinajstić information content (AvgIpc) is 3.33. The van der Waals surface area contributed by atoms with Crippen LogP contribution in [-0.4, -0.2) is 49.2 Å². The number of rotatable bonds is 6. The largest absolute Gasteiger partial charge is 0.361 e. The van der Waals surface area contributed by atoms with E-state index in [-0.39, 0.29) is 5.82 Å². The molecule has 1 fully saturated rings. The Kier molecular flexibility index (Phi) is 6.57. The minimum atomic E-state index is -0.220. The van der Waals surface area contributed by atoms with Crippen LogP contribution in [0.5, 0.6) is 0 Å². The highest BCUT2D eigenvalue weighted by Gasteiger charge is 2.23. The van der Waals surface area contributed by atoms with E-state index in [4.69, 9.17) is 0 Å². The van der Waals surface area contributed by atoms with E-state index in [9.17, 15) is 4.39 Å². The molecule has 1 atom stereocenters. The second-order valence-electron chi connectivity index (χ2n) is 9.43. The molecule has 5 rings (SSSR count). The van der Waals surface area contributed by atoms with Crippen molar-refractivity contribution in [3.8, 4) is 11.1 Å². The Balaban J connectivity index is 1.27. The van der Waals surface area contributed by atoms with Crippen LogP contribution < -0.4 is 5.32 Å². The van der Waals surface area contributed by atoms with Crippen LogP contribution in [0.25, 0.3) is 16.7 Å². The summed E-state index contributed by atoms with van der Waals surface area (Å²) in [6.45, 7) is 3.97.